The van der Waals surface area contributed by atoms with E-state index in [9.17, 15) is 14.7 Å². The normalized spacial score (nSPS) is 24.0. The highest BCUT2D eigenvalue weighted by Crippen LogP contribution is 2.32. The number of hydrogen-bond donors (Lipinski definition) is 1. The summed E-state index contributed by atoms with van der Waals surface area (Å²) in [5.74, 6) is -1.05. The number of carboxylic acid groups (broad SMARTS) is 1. The van der Waals surface area contributed by atoms with Gasteiger partial charge in [-0.15, -0.1) is 0 Å². The van der Waals surface area contributed by atoms with Crippen LogP contribution in [0.2, 0.25) is 0 Å². The van der Waals surface area contributed by atoms with Crippen molar-refractivity contribution in [3.63, 3.8) is 0 Å². The lowest BCUT2D eigenvalue weighted by molar-refractivity contribution is -0.142. The topological polar surface area (TPSA) is 76.1 Å². The van der Waals surface area contributed by atoms with E-state index in [0.717, 1.165) is 5.56 Å². The van der Waals surface area contributed by atoms with E-state index in [-0.39, 0.29) is 13.0 Å². The van der Waals surface area contributed by atoms with Gasteiger partial charge in [-0.3, -0.25) is 4.90 Å². The molecule has 1 aliphatic heterocycles. The molecule has 1 heterocycles. The number of benzene rings is 1. The van der Waals surface area contributed by atoms with Crippen molar-refractivity contribution in [2.24, 2.45) is 0 Å². The third-order valence-corrected chi connectivity index (χ3v) is 3.85. The predicted molar refractivity (Wildman–Crippen MR) is 88.6 cm³/mol. The van der Waals surface area contributed by atoms with Crippen LogP contribution in [0.25, 0.3) is 0 Å². The molecule has 0 aliphatic carbocycles. The fourth-order valence-electron chi connectivity index (χ4n) is 2.72. The third kappa shape index (κ3) is 4.71. The van der Waals surface area contributed by atoms with E-state index in [1.165, 1.54) is 4.90 Å². The van der Waals surface area contributed by atoms with Gasteiger partial charge in [0, 0.05) is 6.42 Å². The number of aliphatic carboxylic acids is 1. The van der Waals surface area contributed by atoms with E-state index in [2.05, 4.69) is 0 Å². The molecule has 2 atom stereocenters. The summed E-state index contributed by atoms with van der Waals surface area (Å²) in [7, 11) is 0. The Hall–Kier alpha value is -2.08. The van der Waals surface area contributed by atoms with Crippen molar-refractivity contribution in [3.8, 4) is 0 Å². The first-order valence-electron chi connectivity index (χ1n) is 8.00. The number of rotatable bonds is 4. The van der Waals surface area contributed by atoms with Crippen molar-refractivity contribution >= 4 is 12.1 Å². The fourth-order valence-corrected chi connectivity index (χ4v) is 2.72. The van der Waals surface area contributed by atoms with E-state index in [0.29, 0.717) is 6.61 Å². The summed E-state index contributed by atoms with van der Waals surface area (Å²) in [4.78, 5) is 25.1. The van der Waals surface area contributed by atoms with Crippen molar-refractivity contribution < 1.29 is 24.2 Å². The van der Waals surface area contributed by atoms with Gasteiger partial charge in [0.15, 0.2) is 0 Å². The lowest BCUT2D eigenvalue weighted by atomic mass is 10.0. The molecule has 0 unspecified atom stereocenters. The van der Waals surface area contributed by atoms with Crippen LogP contribution in [0.1, 0.15) is 39.7 Å². The van der Waals surface area contributed by atoms with E-state index >= 15 is 0 Å². The maximum Gasteiger partial charge on any atom is 0.411 e. The fraction of sp³-hybridized carbons (Fsp3) is 0.556. The van der Waals surface area contributed by atoms with Crippen LogP contribution in [0.5, 0.6) is 0 Å². The van der Waals surface area contributed by atoms with E-state index in [1.807, 2.05) is 37.3 Å². The van der Waals surface area contributed by atoms with Crippen molar-refractivity contribution in [2.45, 2.75) is 58.0 Å². The van der Waals surface area contributed by atoms with Crippen molar-refractivity contribution in [2.75, 3.05) is 6.54 Å². The number of amides is 1. The highest BCUT2D eigenvalue weighted by Gasteiger charge is 2.48. The van der Waals surface area contributed by atoms with Gasteiger partial charge in [-0.05, 0) is 33.3 Å². The SMILES string of the molecule is CC(C)(C)OC(=O)N1C[C@@](C)(OCc2ccccc2)C[C@H]1C(=O)O. The van der Waals surface area contributed by atoms with Crippen LogP contribution in [0.3, 0.4) is 0 Å². The Labute approximate surface area is 142 Å². The molecule has 0 aromatic heterocycles. The predicted octanol–water partition coefficient (Wildman–Crippen LogP) is 3.06. The average molecular weight is 335 g/mol. The molecule has 24 heavy (non-hydrogen) atoms. The first-order valence-corrected chi connectivity index (χ1v) is 8.00. The zero-order valence-electron chi connectivity index (χ0n) is 14.6. The summed E-state index contributed by atoms with van der Waals surface area (Å²) < 4.78 is 11.3. The average Bonchev–Trinajstić information content (AvgIpc) is 2.84. The van der Waals surface area contributed by atoms with E-state index < -0.39 is 29.3 Å². The van der Waals surface area contributed by atoms with Crippen LogP contribution in [-0.4, -0.2) is 45.9 Å². The molecule has 0 spiro atoms. The summed E-state index contributed by atoms with van der Waals surface area (Å²) in [6.07, 6.45) is -0.393. The molecule has 6 heteroatoms. The minimum atomic E-state index is -1.05. The first-order chi connectivity index (χ1) is 11.1. The van der Waals surface area contributed by atoms with E-state index in [4.69, 9.17) is 9.47 Å². The molecule has 1 aromatic carbocycles. The molecule has 1 aromatic rings. The second-order valence-corrected chi connectivity index (χ2v) is 7.39. The Morgan fingerprint density at radius 3 is 2.46 bits per heavy atom. The molecule has 1 amide bonds. The highest BCUT2D eigenvalue weighted by molar-refractivity contribution is 5.81. The molecule has 2 rings (SSSR count). The van der Waals surface area contributed by atoms with Crippen molar-refractivity contribution in [3.05, 3.63) is 35.9 Å². The molecular weight excluding hydrogens is 310 g/mol. The Bertz CT molecular complexity index is 595. The lowest BCUT2D eigenvalue weighted by Gasteiger charge is -2.28. The van der Waals surface area contributed by atoms with E-state index in [1.54, 1.807) is 20.8 Å². The van der Waals surface area contributed by atoms with Crippen molar-refractivity contribution in [1.29, 1.82) is 0 Å². The molecule has 1 aliphatic rings. The molecule has 0 radical (unpaired) electrons. The quantitative estimate of drug-likeness (QED) is 0.915. The summed E-state index contributed by atoms with van der Waals surface area (Å²) >= 11 is 0. The molecule has 6 nitrogen and oxygen atoms in total. The smallest absolute Gasteiger partial charge is 0.411 e. The summed E-state index contributed by atoms with van der Waals surface area (Å²) in [5, 5.41) is 9.44. The Morgan fingerprint density at radius 2 is 1.92 bits per heavy atom. The molecule has 132 valence electrons. The molecule has 0 saturated carbocycles. The zero-order valence-corrected chi connectivity index (χ0v) is 14.6. The van der Waals surface area contributed by atoms with Gasteiger partial charge in [0.25, 0.3) is 0 Å². The number of ether oxygens (including phenoxy) is 2. The second-order valence-electron chi connectivity index (χ2n) is 7.39. The van der Waals surface area contributed by atoms with Crippen LogP contribution in [0.15, 0.2) is 30.3 Å². The Kier molecular flexibility index (Phi) is 5.18. The Morgan fingerprint density at radius 1 is 1.29 bits per heavy atom. The summed E-state index contributed by atoms with van der Waals surface area (Å²) in [6.45, 7) is 7.64. The van der Waals surface area contributed by atoms with Gasteiger partial charge in [0.05, 0.1) is 18.8 Å². The zero-order chi connectivity index (χ0) is 18.0. The van der Waals surface area contributed by atoms with Gasteiger partial charge in [0.2, 0.25) is 0 Å². The number of carboxylic acids is 1. The van der Waals surface area contributed by atoms with Gasteiger partial charge in [0.1, 0.15) is 11.6 Å². The summed E-state index contributed by atoms with van der Waals surface area (Å²) in [5.41, 5.74) is -0.402. The Balaban J connectivity index is 2.07. The molecule has 1 saturated heterocycles. The maximum absolute atomic E-state index is 12.3. The molecule has 0 bridgehead atoms. The number of hydrogen-bond acceptors (Lipinski definition) is 4. The summed E-state index contributed by atoms with van der Waals surface area (Å²) in [6, 6.07) is 8.70. The van der Waals surface area contributed by atoms with Crippen LogP contribution >= 0.6 is 0 Å². The number of nitrogens with zero attached hydrogens (tertiary/aromatic N) is 1. The van der Waals surface area contributed by atoms with Crippen LogP contribution in [-0.2, 0) is 20.9 Å². The molecule has 1 N–H and O–H groups in total. The highest BCUT2D eigenvalue weighted by atomic mass is 16.6. The molecule has 1 fully saturated rings. The van der Waals surface area contributed by atoms with Gasteiger partial charge < -0.3 is 14.6 Å². The van der Waals surface area contributed by atoms with Gasteiger partial charge in [-0.2, -0.15) is 0 Å². The van der Waals surface area contributed by atoms with Gasteiger partial charge in [-0.1, -0.05) is 30.3 Å². The van der Waals surface area contributed by atoms with Crippen LogP contribution in [0, 0.1) is 0 Å². The standard InChI is InChI=1S/C18H25NO5/c1-17(2,3)24-16(22)19-12-18(4,10-14(19)15(20)21)23-11-13-8-6-5-7-9-13/h5-9,14H,10-12H2,1-4H3,(H,20,21)/t14-,18-/m0/s1. The second kappa shape index (κ2) is 6.81. The maximum atomic E-state index is 12.3. The van der Waals surface area contributed by atoms with Gasteiger partial charge in [-0.25, -0.2) is 9.59 Å². The third-order valence-electron chi connectivity index (χ3n) is 3.85. The number of carbonyl (C=O) groups excluding carboxylic acids is 1. The number of likely N-dealkylation sites (tertiary alicyclic amines) is 1. The monoisotopic (exact) mass is 335 g/mol. The number of carbonyl (C=O) groups is 2. The van der Waals surface area contributed by atoms with Crippen molar-refractivity contribution in [1.82, 2.24) is 4.90 Å². The van der Waals surface area contributed by atoms with Crippen LogP contribution < -0.4 is 0 Å². The lowest BCUT2D eigenvalue weighted by Crippen LogP contribution is -2.44. The largest absolute Gasteiger partial charge is 0.480 e. The minimum absolute atomic E-state index is 0.186. The molecular formula is C18H25NO5. The van der Waals surface area contributed by atoms with Gasteiger partial charge >= 0.3 is 12.1 Å². The minimum Gasteiger partial charge on any atom is -0.480 e. The first kappa shape index (κ1) is 18.3. The van der Waals surface area contributed by atoms with Crippen LogP contribution in [0.4, 0.5) is 4.79 Å².